The van der Waals surface area contributed by atoms with Gasteiger partial charge in [-0.1, -0.05) is 68.8 Å². The van der Waals surface area contributed by atoms with Crippen molar-refractivity contribution in [3.05, 3.63) is 65.7 Å². The second kappa shape index (κ2) is 15.4. The second-order valence-corrected chi connectivity index (χ2v) is 10.6. The third-order valence-corrected chi connectivity index (χ3v) is 7.50. The number of hydrogen-bond acceptors (Lipinski definition) is 6. The van der Waals surface area contributed by atoms with Crippen molar-refractivity contribution in [2.24, 2.45) is 5.92 Å². The van der Waals surface area contributed by atoms with Gasteiger partial charge in [0.1, 0.15) is 24.4 Å². The Morgan fingerprint density at radius 3 is 2.40 bits per heavy atom. The molecule has 3 amide bonds. The minimum absolute atomic E-state index is 0.0258. The van der Waals surface area contributed by atoms with E-state index in [-0.39, 0.29) is 24.2 Å². The minimum Gasteiger partial charge on any atom is -0.492 e. The molecule has 0 saturated carbocycles. The lowest BCUT2D eigenvalue weighted by molar-refractivity contribution is -0.146. The molecular formula is C31H44N4O5. The number of rotatable bonds is 5. The van der Waals surface area contributed by atoms with Crippen LogP contribution in [0.3, 0.4) is 0 Å². The molecular weight excluding hydrogens is 508 g/mol. The van der Waals surface area contributed by atoms with Crippen LogP contribution in [-0.4, -0.2) is 78.7 Å². The number of nitrogens with one attached hydrogen (secondary N) is 3. The number of likely N-dealkylation sites (N-methyl/N-ethyl adjacent to an activating group) is 1. The van der Waals surface area contributed by atoms with E-state index in [0.717, 1.165) is 23.3 Å². The Bertz CT molecular complexity index is 1110. The van der Waals surface area contributed by atoms with Gasteiger partial charge >= 0.3 is 0 Å². The van der Waals surface area contributed by atoms with Gasteiger partial charge in [-0.25, -0.2) is 0 Å². The number of amides is 3. The van der Waals surface area contributed by atoms with E-state index in [1.54, 1.807) is 0 Å². The van der Waals surface area contributed by atoms with Crippen molar-refractivity contribution < 1.29 is 24.2 Å². The number of aryl methyl sites for hydroxylation is 1. The molecule has 2 unspecified atom stereocenters. The summed E-state index contributed by atoms with van der Waals surface area (Å²) < 4.78 is 6.06. The highest BCUT2D eigenvalue weighted by Crippen LogP contribution is 2.20. The van der Waals surface area contributed by atoms with Crippen LogP contribution in [0.4, 0.5) is 0 Å². The molecule has 0 spiro atoms. The van der Waals surface area contributed by atoms with E-state index < -0.39 is 30.1 Å². The summed E-state index contributed by atoms with van der Waals surface area (Å²) in [6, 6.07) is 14.6. The quantitative estimate of drug-likeness (QED) is 0.451. The number of aliphatic hydroxyl groups is 1. The van der Waals surface area contributed by atoms with E-state index in [1.807, 2.05) is 68.4 Å². The van der Waals surface area contributed by atoms with Crippen molar-refractivity contribution in [1.82, 2.24) is 20.9 Å². The Hall–Kier alpha value is -3.43. The fraction of sp³-hybridized carbons (Fsp3) is 0.516. The molecule has 0 radical (unpaired) electrons. The Morgan fingerprint density at radius 1 is 1.00 bits per heavy atom. The maximum Gasteiger partial charge on any atom is 0.246 e. The lowest BCUT2D eigenvalue weighted by Gasteiger charge is -2.35. The molecule has 5 atom stereocenters. The normalized spacial score (nSPS) is 23.5. The molecule has 3 rings (SSSR count). The minimum atomic E-state index is -1.17. The van der Waals surface area contributed by atoms with Gasteiger partial charge in [0.05, 0.1) is 12.1 Å². The van der Waals surface area contributed by atoms with Gasteiger partial charge in [0, 0.05) is 26.6 Å². The number of aliphatic hydroxyl groups excluding tert-OH is 1. The zero-order chi connectivity index (χ0) is 29.1. The first kappa shape index (κ1) is 31.1. The van der Waals surface area contributed by atoms with Gasteiger partial charge in [0.15, 0.2) is 0 Å². The fourth-order valence-electron chi connectivity index (χ4n) is 5.00. The summed E-state index contributed by atoms with van der Waals surface area (Å²) in [6.45, 7) is 6.67. The van der Waals surface area contributed by atoms with Crippen LogP contribution in [0.1, 0.15) is 44.7 Å². The molecule has 2 aromatic rings. The second-order valence-electron chi connectivity index (χ2n) is 10.6. The molecule has 0 aliphatic carbocycles. The van der Waals surface area contributed by atoms with Crippen LogP contribution in [0.25, 0.3) is 0 Å². The molecule has 40 heavy (non-hydrogen) atoms. The van der Waals surface area contributed by atoms with Crippen molar-refractivity contribution in [3.63, 3.8) is 0 Å². The third-order valence-electron chi connectivity index (χ3n) is 7.50. The van der Waals surface area contributed by atoms with Crippen molar-refractivity contribution >= 4 is 17.7 Å². The zero-order valence-electron chi connectivity index (χ0n) is 24.1. The first-order valence-corrected chi connectivity index (χ1v) is 14.2. The van der Waals surface area contributed by atoms with Crippen LogP contribution < -0.4 is 20.7 Å². The molecule has 9 nitrogen and oxygen atoms in total. The Kier molecular flexibility index (Phi) is 12.0. The largest absolute Gasteiger partial charge is 0.492 e. The van der Waals surface area contributed by atoms with Crippen LogP contribution in [0.15, 0.2) is 54.6 Å². The highest BCUT2D eigenvalue weighted by molar-refractivity contribution is 5.93. The van der Waals surface area contributed by atoms with E-state index in [0.29, 0.717) is 32.5 Å². The first-order chi connectivity index (χ1) is 19.2. The molecule has 0 aromatic heterocycles. The molecule has 1 aliphatic rings. The Balaban J connectivity index is 1.92. The number of nitrogens with zero attached hydrogens (tertiary/aromatic N) is 1. The van der Waals surface area contributed by atoms with Gasteiger partial charge < -0.3 is 30.7 Å². The summed E-state index contributed by atoms with van der Waals surface area (Å²) in [5.74, 6) is -0.449. The molecule has 0 bridgehead atoms. The Labute approximate surface area is 237 Å². The summed E-state index contributed by atoms with van der Waals surface area (Å²) in [7, 11) is 1.52. The van der Waals surface area contributed by atoms with Gasteiger partial charge in [-0.05, 0) is 42.9 Å². The highest BCUT2D eigenvalue weighted by atomic mass is 16.5. The van der Waals surface area contributed by atoms with Gasteiger partial charge in [0.2, 0.25) is 17.7 Å². The monoisotopic (exact) mass is 552 g/mol. The van der Waals surface area contributed by atoms with E-state index in [1.165, 1.54) is 18.9 Å². The Morgan fingerprint density at radius 2 is 1.70 bits per heavy atom. The molecule has 2 aromatic carbocycles. The maximum absolute atomic E-state index is 13.7. The van der Waals surface area contributed by atoms with Gasteiger partial charge in [0.25, 0.3) is 0 Å². The van der Waals surface area contributed by atoms with E-state index >= 15 is 0 Å². The zero-order valence-corrected chi connectivity index (χ0v) is 24.1. The van der Waals surface area contributed by atoms with E-state index in [2.05, 4.69) is 16.0 Å². The summed E-state index contributed by atoms with van der Waals surface area (Å²) in [5.41, 5.74) is 1.93. The summed E-state index contributed by atoms with van der Waals surface area (Å²) in [4.78, 5) is 41.8. The van der Waals surface area contributed by atoms with Crippen molar-refractivity contribution in [3.8, 4) is 5.75 Å². The first-order valence-electron chi connectivity index (χ1n) is 14.2. The SMILES string of the molecule is CCC(C)[C@H]1NCCOc2ccccc2CCCNC(=O)[C@@H](Cc2ccccc2)NC(=O)C([C@H](C)O)N(C)C1=O. The summed E-state index contributed by atoms with van der Waals surface area (Å²) in [5, 5.41) is 19.7. The van der Waals surface area contributed by atoms with Gasteiger partial charge in [-0.15, -0.1) is 0 Å². The highest BCUT2D eigenvalue weighted by Gasteiger charge is 2.37. The average Bonchev–Trinajstić information content (AvgIpc) is 2.94. The van der Waals surface area contributed by atoms with E-state index in [9.17, 15) is 19.5 Å². The summed E-state index contributed by atoms with van der Waals surface area (Å²) in [6.07, 6.45) is 1.27. The van der Waals surface area contributed by atoms with Crippen molar-refractivity contribution in [1.29, 1.82) is 0 Å². The van der Waals surface area contributed by atoms with Crippen molar-refractivity contribution in [2.45, 2.75) is 70.7 Å². The number of benzene rings is 2. The van der Waals surface area contributed by atoms with Crippen LogP contribution in [0.5, 0.6) is 5.75 Å². The lowest BCUT2D eigenvalue weighted by Crippen LogP contribution is -2.61. The van der Waals surface area contributed by atoms with Crippen molar-refractivity contribution in [2.75, 3.05) is 26.7 Å². The summed E-state index contributed by atoms with van der Waals surface area (Å²) >= 11 is 0. The lowest BCUT2D eigenvalue weighted by atomic mass is 9.96. The van der Waals surface area contributed by atoms with Crippen LogP contribution in [-0.2, 0) is 27.2 Å². The molecule has 9 heteroatoms. The topological polar surface area (TPSA) is 120 Å². The molecule has 4 N–H and O–H groups in total. The molecule has 0 saturated heterocycles. The number of para-hydroxylation sites is 1. The third kappa shape index (κ3) is 8.53. The number of ether oxygens (including phenoxy) is 1. The fourth-order valence-corrected chi connectivity index (χ4v) is 5.00. The molecule has 1 aliphatic heterocycles. The van der Waals surface area contributed by atoms with Gasteiger partial charge in [-0.3, -0.25) is 14.4 Å². The smallest absolute Gasteiger partial charge is 0.246 e. The number of hydrogen-bond donors (Lipinski definition) is 4. The molecule has 218 valence electrons. The predicted octanol–water partition coefficient (Wildman–Crippen LogP) is 2.07. The average molecular weight is 553 g/mol. The number of carbonyl (C=O) groups excluding carboxylic acids is 3. The number of carbonyl (C=O) groups is 3. The predicted molar refractivity (Wildman–Crippen MR) is 155 cm³/mol. The van der Waals surface area contributed by atoms with Gasteiger partial charge in [-0.2, -0.15) is 0 Å². The molecule has 0 fully saturated rings. The standard InChI is InChI=1S/C31H44N4O5/c1-5-21(2)27-31(39)35(4)28(22(3)36)30(38)34-25(20-23-12-7-6-8-13-23)29(37)33-17-11-15-24-14-9-10-16-26(24)40-19-18-32-27/h6-10,12-14,16,21-22,25,27-28,32,36H,5,11,15,17-20H2,1-4H3,(H,33,37)(H,34,38)/t21?,22-,25+,27+,28?/m0/s1. The van der Waals surface area contributed by atoms with Crippen LogP contribution in [0.2, 0.25) is 0 Å². The van der Waals surface area contributed by atoms with Crippen LogP contribution in [0, 0.1) is 5.92 Å². The number of fused-ring (bicyclic) bond motifs is 1. The van der Waals surface area contributed by atoms with Crippen LogP contribution >= 0.6 is 0 Å². The molecule has 1 heterocycles. The maximum atomic E-state index is 13.7. The van der Waals surface area contributed by atoms with E-state index in [4.69, 9.17) is 4.74 Å².